The number of methoxy groups -OCH3 is 2. The second kappa shape index (κ2) is 30.1. The summed E-state index contributed by atoms with van der Waals surface area (Å²) in [6.07, 6.45) is 6.72. The third kappa shape index (κ3) is 18.5. The van der Waals surface area contributed by atoms with Crippen LogP contribution < -0.4 is 21.7 Å². The number of nitrogen functional groups attached to an aromatic ring is 1. The number of esters is 2. The van der Waals surface area contributed by atoms with Gasteiger partial charge in [0, 0.05) is 57.6 Å². The first-order valence-corrected chi connectivity index (χ1v) is 35.8. The number of anilines is 1. The number of ether oxygens (including phenoxy) is 2. The summed E-state index contributed by atoms with van der Waals surface area (Å²) in [6, 6.07) is 39.8. The van der Waals surface area contributed by atoms with Crippen molar-refractivity contribution >= 4 is 98.9 Å². The molecule has 11 aromatic rings. The molecule has 1 amide bonds. The number of nitrogens with one attached hydrogen (secondary N) is 2. The Morgan fingerprint density at radius 3 is 1.56 bits per heavy atom. The zero-order chi connectivity index (χ0) is 69.0. The Morgan fingerprint density at radius 2 is 1.06 bits per heavy atom. The zero-order valence-corrected chi connectivity index (χ0v) is 57.2. The molecule has 0 bridgehead atoms. The number of carbonyl (C=O) groups excluding carboxylic acids is 3. The van der Waals surface area contributed by atoms with Crippen LogP contribution in [-0.2, 0) is 45.7 Å². The summed E-state index contributed by atoms with van der Waals surface area (Å²) < 4.78 is 85.4. The lowest BCUT2D eigenvalue weighted by Crippen LogP contribution is -2.26. The number of aromatic nitrogens is 9. The number of pyridine rings is 1. The molecule has 95 heavy (non-hydrogen) atoms. The molecule has 0 unspecified atom stereocenters. The molecule has 32 heteroatoms. The minimum absolute atomic E-state index is 0.0490. The Kier molecular flexibility index (Phi) is 22.5. The molecule has 0 saturated carbocycles. The van der Waals surface area contributed by atoms with E-state index in [0.717, 1.165) is 73.0 Å². The molecule has 26 nitrogen and oxygen atoms in total. The van der Waals surface area contributed by atoms with Crippen molar-refractivity contribution in [1.82, 2.24) is 43.9 Å². The zero-order valence-electron chi connectivity index (χ0n) is 52.3. The molecule has 496 valence electrons. The quantitative estimate of drug-likeness (QED) is 0.0418. The molecule has 0 fully saturated rings. The second-order valence-corrected chi connectivity index (χ2v) is 31.6. The normalized spacial score (nSPS) is 11.6. The Bertz CT molecular complexity index is 4870. The van der Waals surface area contributed by atoms with Crippen LogP contribution in [0.1, 0.15) is 89.2 Å². The van der Waals surface area contributed by atoms with Gasteiger partial charge in [-0.2, -0.15) is 0 Å². The van der Waals surface area contributed by atoms with Gasteiger partial charge in [-0.3, -0.25) is 24.6 Å². The summed E-state index contributed by atoms with van der Waals surface area (Å²) >= 11 is 2.67. The van der Waals surface area contributed by atoms with Gasteiger partial charge in [-0.25, -0.2) is 69.2 Å². The Hall–Kier alpha value is -9.83. The van der Waals surface area contributed by atoms with E-state index < -0.39 is 58.9 Å². The van der Waals surface area contributed by atoms with Gasteiger partial charge in [-0.15, -0.1) is 39.1 Å². The molecule has 8 aromatic heterocycles. The summed E-state index contributed by atoms with van der Waals surface area (Å²) in [6.45, 7) is 11.3. The van der Waals surface area contributed by atoms with E-state index in [-0.39, 0.29) is 52.8 Å². The molecular formula is C63H65N13O13S6. The molecule has 0 aliphatic heterocycles. The number of hydrogen-bond acceptors (Lipinski definition) is 23. The number of carboxylic acid groups (broad SMARTS) is 1. The number of carboxylic acids is 1. The molecule has 11 rings (SSSR count). The van der Waals surface area contributed by atoms with Crippen LogP contribution in [0.25, 0.3) is 50.4 Å². The maximum absolute atomic E-state index is 12.7. The van der Waals surface area contributed by atoms with Gasteiger partial charge in [0.1, 0.15) is 16.9 Å². The van der Waals surface area contributed by atoms with Crippen LogP contribution in [0.3, 0.4) is 0 Å². The number of thiazole rings is 3. The topological polar surface area (TPSA) is 377 Å². The number of benzene rings is 3. The molecule has 0 radical (unpaired) electrons. The van der Waals surface area contributed by atoms with E-state index in [4.69, 9.17) is 25.6 Å². The van der Waals surface area contributed by atoms with Crippen LogP contribution in [-0.4, -0.2) is 124 Å². The van der Waals surface area contributed by atoms with Gasteiger partial charge >= 0.3 is 17.9 Å². The smallest absolute Gasteiger partial charge is 0.357 e. The summed E-state index contributed by atoms with van der Waals surface area (Å²) in [7, 11) is -8.41. The predicted molar refractivity (Wildman–Crippen MR) is 363 cm³/mol. The van der Waals surface area contributed by atoms with Gasteiger partial charge in [0.2, 0.25) is 38.5 Å². The first-order valence-electron chi connectivity index (χ1n) is 28.3. The van der Waals surface area contributed by atoms with Crippen LogP contribution in [0.5, 0.6) is 0 Å². The highest BCUT2D eigenvalue weighted by Gasteiger charge is 2.30. The molecule has 0 aliphatic rings. The molecule has 8 heterocycles. The summed E-state index contributed by atoms with van der Waals surface area (Å²) in [5.41, 5.74) is 8.99. The van der Waals surface area contributed by atoms with Crippen molar-refractivity contribution in [2.45, 2.75) is 61.1 Å². The van der Waals surface area contributed by atoms with Crippen molar-refractivity contribution < 1.29 is 59.0 Å². The van der Waals surface area contributed by atoms with Crippen molar-refractivity contribution in [3.8, 4) is 44.9 Å². The standard InChI is InChI=1S/C21H17N7O2S2.C21H23N3O5S2.C12H12N2O2.C9H13NO4S2/c22-32(29,30)21-25-17(13-31-21)19-26-20(24-12-15-8-4-5-10-23-15)18-16(9-11-28(18)27-19)14-6-2-1-3-7-14;1-21(2,3)13-31(27,28)20-22-16(12-30-20)18(25)23-24-11-10-15(17(24)19(26)29-4)14-8-6-5-7-9-14;1-16-12(15)11-10(7-8-14(11)13)9-5-3-2-4-6-9;1-9(2,3)5-16(13,14)8-10-6(4-15-8)7(11)12/h1-11,13H,12H2,(H2,22,29,30)(H,24,26,27);5-12H,13H2,1-4H3,(H,23,25);2-8H,13H2,1H3;4H,5H2,1-3H3,(H,11,12). The van der Waals surface area contributed by atoms with Crippen molar-refractivity contribution in [3.63, 3.8) is 0 Å². The minimum atomic E-state index is -3.90. The van der Waals surface area contributed by atoms with Gasteiger partial charge < -0.3 is 25.7 Å². The number of amides is 1. The predicted octanol–water partition coefficient (Wildman–Crippen LogP) is 10.1. The molecule has 3 aromatic carbocycles. The number of sulfonamides is 1. The number of sulfone groups is 2. The van der Waals surface area contributed by atoms with E-state index in [1.54, 1.807) is 55.2 Å². The lowest BCUT2D eigenvalue weighted by atomic mass is 10.0. The van der Waals surface area contributed by atoms with Gasteiger partial charge in [0.15, 0.2) is 22.9 Å². The number of nitrogens with two attached hydrogens (primary N) is 2. The van der Waals surface area contributed by atoms with Gasteiger partial charge in [0.05, 0.1) is 38.0 Å². The van der Waals surface area contributed by atoms with Gasteiger partial charge in [-0.1, -0.05) is 139 Å². The molecule has 7 N–H and O–H groups in total. The lowest BCUT2D eigenvalue weighted by molar-refractivity contribution is 0.0582. The fraction of sp³-hybridized carbons (Fsp3) is 0.206. The van der Waals surface area contributed by atoms with Crippen LogP contribution >= 0.6 is 34.0 Å². The molecule has 0 atom stereocenters. The van der Waals surface area contributed by atoms with E-state index in [2.05, 4.69) is 40.8 Å². The van der Waals surface area contributed by atoms with E-state index in [1.807, 2.05) is 142 Å². The van der Waals surface area contributed by atoms with Gasteiger partial charge in [0.25, 0.3) is 15.9 Å². The first kappa shape index (κ1) is 71.0. The maximum atomic E-state index is 12.7. The summed E-state index contributed by atoms with van der Waals surface area (Å²) in [4.78, 5) is 68.0. The van der Waals surface area contributed by atoms with Crippen molar-refractivity contribution in [1.29, 1.82) is 0 Å². The van der Waals surface area contributed by atoms with Crippen LogP contribution in [0.2, 0.25) is 0 Å². The second-order valence-electron chi connectivity index (χ2n) is 22.9. The highest BCUT2D eigenvalue weighted by Crippen LogP contribution is 2.33. The van der Waals surface area contributed by atoms with Crippen LogP contribution in [0.4, 0.5) is 5.82 Å². The van der Waals surface area contributed by atoms with E-state index in [0.29, 0.717) is 29.3 Å². The van der Waals surface area contributed by atoms with E-state index in [9.17, 15) is 44.4 Å². The Balaban J connectivity index is 0.000000171. The molecule has 0 saturated heterocycles. The number of hydrogen-bond donors (Lipinski definition) is 5. The summed E-state index contributed by atoms with van der Waals surface area (Å²) in [5.74, 6) is 3.47. The van der Waals surface area contributed by atoms with Crippen LogP contribution in [0.15, 0.2) is 181 Å². The average Bonchev–Trinajstić information content (AvgIpc) is 1.67. The first-order chi connectivity index (χ1) is 44.9. The highest BCUT2D eigenvalue weighted by atomic mass is 32.3. The molecule has 0 spiro atoms. The van der Waals surface area contributed by atoms with Gasteiger partial charge in [-0.05, 0) is 57.9 Å². The van der Waals surface area contributed by atoms with Crippen molar-refractivity contribution in [2.24, 2.45) is 16.0 Å². The largest absolute Gasteiger partial charge is 0.476 e. The maximum Gasteiger partial charge on any atom is 0.357 e. The van der Waals surface area contributed by atoms with Crippen molar-refractivity contribution in [2.75, 3.05) is 42.3 Å². The Morgan fingerprint density at radius 1 is 0.579 bits per heavy atom. The summed E-state index contributed by atoms with van der Waals surface area (Å²) in [5, 5.41) is 25.9. The average molecular weight is 1400 g/mol. The van der Waals surface area contributed by atoms with Crippen molar-refractivity contribution in [3.05, 3.63) is 197 Å². The highest BCUT2D eigenvalue weighted by molar-refractivity contribution is 7.93. The lowest BCUT2D eigenvalue weighted by Gasteiger charge is -2.16. The number of primary sulfonamides is 1. The number of rotatable bonds is 17. The monoisotopic (exact) mass is 1400 g/mol. The third-order valence-electron chi connectivity index (χ3n) is 12.9. The Labute approximate surface area is 559 Å². The number of fused-ring (bicyclic) bond motifs is 1. The fourth-order valence-corrected chi connectivity index (χ4v) is 16.3. The van der Waals surface area contributed by atoms with E-state index >= 15 is 0 Å². The number of nitrogens with zero attached hydrogens (tertiary/aromatic N) is 9. The SMILES string of the molecule is CC(C)(C)CS(=O)(=O)c1nc(C(=O)O)cs1.COC(=O)c1c(-c2ccccc2)ccn1N.COC(=O)c1c(-c2ccccc2)ccn1NC(=O)c1csc(S(=O)(=O)CC(C)(C)C)n1.NS(=O)(=O)c1nc(-c2nc(NCc3ccccn3)c3c(-c4ccccc4)ccn3n2)cs1. The molecular weight excluding hydrogens is 1340 g/mol. The van der Waals surface area contributed by atoms with Crippen LogP contribution in [0, 0.1) is 10.8 Å². The van der Waals surface area contributed by atoms with E-state index in [1.165, 1.54) is 40.5 Å². The molecule has 0 aliphatic carbocycles. The fourth-order valence-electron chi connectivity index (χ4n) is 9.00. The third-order valence-corrected chi connectivity index (χ3v) is 22.2. The number of carbonyl (C=O) groups is 4. The minimum Gasteiger partial charge on any atom is -0.476 e. The number of aromatic carboxylic acids is 1.